The summed E-state index contributed by atoms with van der Waals surface area (Å²) in [6, 6.07) is 6.30. The van der Waals surface area contributed by atoms with Crippen molar-refractivity contribution in [1.82, 2.24) is 29.7 Å². The minimum atomic E-state index is -0.388. The number of benzene rings is 1. The largest absolute Gasteiger partial charge is 0.368 e. The van der Waals surface area contributed by atoms with Crippen LogP contribution in [0.1, 0.15) is 0 Å². The molecule has 1 aromatic carbocycles. The van der Waals surface area contributed by atoms with Crippen LogP contribution in [0.5, 0.6) is 0 Å². The first-order valence-electron chi connectivity index (χ1n) is 6.00. The number of para-hydroxylation sites is 1. The molecule has 21 heavy (non-hydrogen) atoms. The highest BCUT2D eigenvalue weighted by Crippen LogP contribution is 2.23. The fourth-order valence-corrected chi connectivity index (χ4v) is 1.76. The predicted molar refractivity (Wildman–Crippen MR) is 73.6 cm³/mol. The second-order valence-corrected chi connectivity index (χ2v) is 4.14. The molecule has 9 heteroatoms. The van der Waals surface area contributed by atoms with Crippen molar-refractivity contribution in [3.05, 3.63) is 42.7 Å². The van der Waals surface area contributed by atoms with Gasteiger partial charge in [0.2, 0.25) is 11.9 Å². The van der Waals surface area contributed by atoms with Crippen molar-refractivity contribution in [2.75, 3.05) is 17.7 Å². The highest BCUT2D eigenvalue weighted by Gasteiger charge is 2.14. The van der Waals surface area contributed by atoms with Crippen molar-refractivity contribution >= 4 is 17.6 Å². The molecule has 3 aromatic rings. The number of nitrogens with zero attached hydrogens (tertiary/aromatic N) is 7. The van der Waals surface area contributed by atoms with E-state index in [1.54, 1.807) is 25.2 Å². The van der Waals surface area contributed by atoms with Gasteiger partial charge in [-0.1, -0.05) is 12.1 Å². The van der Waals surface area contributed by atoms with Crippen molar-refractivity contribution in [3.63, 3.8) is 0 Å². The number of hydrogen-bond donors (Lipinski definition) is 1. The molecule has 0 amide bonds. The maximum absolute atomic E-state index is 13.8. The Bertz CT molecular complexity index is 758. The third kappa shape index (κ3) is 2.48. The van der Waals surface area contributed by atoms with Gasteiger partial charge in [0.1, 0.15) is 18.5 Å². The zero-order valence-electron chi connectivity index (χ0n) is 11.0. The number of anilines is 3. The average molecular weight is 286 g/mol. The summed E-state index contributed by atoms with van der Waals surface area (Å²) in [4.78, 5) is 17.5. The SMILES string of the molecule is CN(c1nc(N)nc(-n2cncn2)n1)c1ccccc1F. The maximum atomic E-state index is 13.8. The van der Waals surface area contributed by atoms with Gasteiger partial charge in [0.05, 0.1) is 5.69 Å². The molecule has 0 unspecified atom stereocenters. The molecule has 0 bridgehead atoms. The van der Waals surface area contributed by atoms with E-state index in [2.05, 4.69) is 25.0 Å². The number of halogens is 1. The Balaban J connectivity index is 2.05. The zero-order chi connectivity index (χ0) is 14.8. The first-order chi connectivity index (χ1) is 10.1. The molecule has 0 fully saturated rings. The van der Waals surface area contributed by atoms with Crippen molar-refractivity contribution in [1.29, 1.82) is 0 Å². The fourth-order valence-electron chi connectivity index (χ4n) is 1.76. The van der Waals surface area contributed by atoms with Crippen molar-refractivity contribution in [2.24, 2.45) is 0 Å². The molecular weight excluding hydrogens is 275 g/mol. The average Bonchev–Trinajstić information content (AvgIpc) is 3.01. The summed E-state index contributed by atoms with van der Waals surface area (Å²) in [5, 5.41) is 3.92. The van der Waals surface area contributed by atoms with Crippen LogP contribution in [0.4, 0.5) is 22.0 Å². The molecular formula is C12H11FN8. The summed E-state index contributed by atoms with van der Waals surface area (Å²) >= 11 is 0. The molecule has 106 valence electrons. The zero-order valence-corrected chi connectivity index (χ0v) is 11.0. The summed E-state index contributed by atoms with van der Waals surface area (Å²) in [5.74, 6) is 0.0336. The molecule has 0 saturated heterocycles. The Hall–Kier alpha value is -3.10. The monoisotopic (exact) mass is 286 g/mol. The fraction of sp³-hybridized carbons (Fsp3) is 0.0833. The smallest absolute Gasteiger partial charge is 0.258 e. The number of nitrogen functional groups attached to an aromatic ring is 1. The van der Waals surface area contributed by atoms with Crippen LogP contribution in [0.15, 0.2) is 36.9 Å². The van der Waals surface area contributed by atoms with E-state index in [-0.39, 0.29) is 23.7 Å². The first-order valence-corrected chi connectivity index (χ1v) is 6.00. The third-order valence-corrected chi connectivity index (χ3v) is 2.77. The van der Waals surface area contributed by atoms with Crippen LogP contribution in [-0.2, 0) is 0 Å². The highest BCUT2D eigenvalue weighted by molar-refractivity contribution is 5.57. The van der Waals surface area contributed by atoms with Crippen LogP contribution < -0.4 is 10.6 Å². The van der Waals surface area contributed by atoms with E-state index in [1.807, 2.05) is 0 Å². The van der Waals surface area contributed by atoms with E-state index < -0.39 is 0 Å². The van der Waals surface area contributed by atoms with Crippen molar-refractivity contribution < 1.29 is 4.39 Å². The van der Waals surface area contributed by atoms with E-state index in [0.29, 0.717) is 5.69 Å². The topological polar surface area (TPSA) is 98.6 Å². The van der Waals surface area contributed by atoms with Gasteiger partial charge in [0.15, 0.2) is 0 Å². The second-order valence-electron chi connectivity index (χ2n) is 4.14. The van der Waals surface area contributed by atoms with Gasteiger partial charge in [-0.15, -0.1) is 0 Å². The summed E-state index contributed by atoms with van der Waals surface area (Å²) in [5.41, 5.74) is 6.00. The summed E-state index contributed by atoms with van der Waals surface area (Å²) < 4.78 is 15.2. The second kappa shape index (κ2) is 5.12. The predicted octanol–water partition coefficient (Wildman–Crippen LogP) is 0.941. The Morgan fingerprint density at radius 2 is 2.00 bits per heavy atom. The van der Waals surface area contributed by atoms with Crippen LogP contribution in [0.25, 0.3) is 5.95 Å². The molecule has 0 aliphatic rings. The van der Waals surface area contributed by atoms with E-state index in [1.165, 1.54) is 28.3 Å². The standard InChI is InChI=1S/C12H11FN8/c1-20(9-5-3-2-4-8(9)13)11-17-10(14)18-12(19-11)21-7-15-6-16-21/h2-7H,1H3,(H2,14,17,18,19). The lowest BCUT2D eigenvalue weighted by Gasteiger charge is -2.18. The summed E-state index contributed by atoms with van der Waals surface area (Å²) in [6.07, 6.45) is 2.78. The van der Waals surface area contributed by atoms with Gasteiger partial charge < -0.3 is 10.6 Å². The summed E-state index contributed by atoms with van der Waals surface area (Å²) in [6.45, 7) is 0. The molecule has 2 N–H and O–H groups in total. The van der Waals surface area contributed by atoms with Crippen molar-refractivity contribution in [2.45, 2.75) is 0 Å². The molecule has 2 heterocycles. The van der Waals surface area contributed by atoms with E-state index in [4.69, 9.17) is 5.73 Å². The molecule has 0 saturated carbocycles. The molecule has 2 aromatic heterocycles. The molecule has 0 aliphatic carbocycles. The van der Waals surface area contributed by atoms with Gasteiger partial charge in [-0.3, -0.25) is 0 Å². The van der Waals surface area contributed by atoms with E-state index >= 15 is 0 Å². The molecule has 8 nitrogen and oxygen atoms in total. The van der Waals surface area contributed by atoms with Gasteiger partial charge in [-0.2, -0.15) is 24.7 Å². The van der Waals surface area contributed by atoms with E-state index in [9.17, 15) is 4.39 Å². The Morgan fingerprint density at radius 1 is 1.19 bits per heavy atom. The Labute approximate surface area is 119 Å². The van der Waals surface area contributed by atoms with Crippen LogP contribution in [-0.4, -0.2) is 36.8 Å². The lowest BCUT2D eigenvalue weighted by molar-refractivity contribution is 0.626. The first kappa shape index (κ1) is 12.9. The maximum Gasteiger partial charge on any atom is 0.258 e. The highest BCUT2D eigenvalue weighted by atomic mass is 19.1. The van der Waals surface area contributed by atoms with Gasteiger partial charge >= 0.3 is 0 Å². The lowest BCUT2D eigenvalue weighted by Crippen LogP contribution is -2.18. The Kier molecular flexibility index (Phi) is 3.14. The van der Waals surface area contributed by atoms with Crippen LogP contribution in [0.2, 0.25) is 0 Å². The quantitative estimate of drug-likeness (QED) is 0.765. The van der Waals surface area contributed by atoms with Crippen molar-refractivity contribution in [3.8, 4) is 5.95 Å². The molecule has 0 radical (unpaired) electrons. The minimum Gasteiger partial charge on any atom is -0.368 e. The van der Waals surface area contributed by atoms with Gasteiger partial charge in [0, 0.05) is 7.05 Å². The number of hydrogen-bond acceptors (Lipinski definition) is 7. The number of aromatic nitrogens is 6. The van der Waals surface area contributed by atoms with Crippen LogP contribution >= 0.6 is 0 Å². The van der Waals surface area contributed by atoms with Gasteiger partial charge in [-0.05, 0) is 12.1 Å². The third-order valence-electron chi connectivity index (χ3n) is 2.77. The van der Waals surface area contributed by atoms with Crippen LogP contribution in [0.3, 0.4) is 0 Å². The minimum absolute atomic E-state index is 0.00805. The Morgan fingerprint density at radius 3 is 2.71 bits per heavy atom. The van der Waals surface area contributed by atoms with Gasteiger partial charge in [0.25, 0.3) is 5.95 Å². The number of rotatable bonds is 3. The van der Waals surface area contributed by atoms with E-state index in [0.717, 1.165) is 0 Å². The molecule has 0 atom stereocenters. The molecule has 3 rings (SSSR count). The molecule has 0 spiro atoms. The number of nitrogens with two attached hydrogens (primary N) is 1. The summed E-state index contributed by atoms with van der Waals surface area (Å²) in [7, 11) is 1.64. The molecule has 0 aliphatic heterocycles. The van der Waals surface area contributed by atoms with Crippen LogP contribution in [0, 0.1) is 5.82 Å². The van der Waals surface area contributed by atoms with Gasteiger partial charge in [-0.25, -0.2) is 9.37 Å². The normalized spacial score (nSPS) is 10.6. The lowest BCUT2D eigenvalue weighted by atomic mass is 10.3.